The number of nitrogens with zero attached hydrogens (tertiary/aromatic N) is 2. The smallest absolute Gasteiger partial charge is 0.433 e. The molecule has 0 bridgehead atoms. The van der Waals surface area contributed by atoms with Crippen molar-refractivity contribution in [2.24, 2.45) is 0 Å². The van der Waals surface area contributed by atoms with Gasteiger partial charge in [0.2, 0.25) is 5.88 Å². The molecule has 9 heteroatoms. The molecule has 0 spiro atoms. The second-order valence-electron chi connectivity index (χ2n) is 5.93. The van der Waals surface area contributed by atoms with Crippen molar-refractivity contribution >= 4 is 17.6 Å². The normalized spacial score (nSPS) is 11.2. The first-order chi connectivity index (χ1) is 13.7. The molecule has 2 aromatic carbocycles. The van der Waals surface area contributed by atoms with Gasteiger partial charge >= 0.3 is 12.1 Å². The lowest BCUT2D eigenvalue weighted by molar-refractivity contribution is -0.141. The van der Waals surface area contributed by atoms with Gasteiger partial charge in [-0.1, -0.05) is 29.8 Å². The highest BCUT2D eigenvalue weighted by Crippen LogP contribution is 2.30. The number of halogens is 4. The average molecular weight is 423 g/mol. The van der Waals surface area contributed by atoms with Crippen LogP contribution < -0.4 is 4.74 Å². The number of aryl methyl sites for hydroxylation is 1. The fourth-order valence-electron chi connectivity index (χ4n) is 2.36. The molecule has 0 N–H and O–H groups in total. The van der Waals surface area contributed by atoms with Crippen molar-refractivity contribution in [3.05, 3.63) is 82.3 Å². The maximum absolute atomic E-state index is 12.8. The average Bonchev–Trinajstić information content (AvgIpc) is 2.66. The first kappa shape index (κ1) is 20.6. The molecule has 0 saturated heterocycles. The van der Waals surface area contributed by atoms with Crippen molar-refractivity contribution in [2.45, 2.75) is 19.7 Å². The minimum Gasteiger partial charge on any atom is -0.457 e. The summed E-state index contributed by atoms with van der Waals surface area (Å²) in [7, 11) is 0. The zero-order chi connectivity index (χ0) is 21.0. The number of carbonyl (C=O) groups excluding carboxylic acids is 1. The summed E-state index contributed by atoms with van der Waals surface area (Å²) < 4.78 is 49.1. The minimum atomic E-state index is -4.61. The molecule has 0 saturated carbocycles. The molecule has 3 rings (SSSR count). The molecule has 0 fully saturated rings. The maximum atomic E-state index is 12.8. The summed E-state index contributed by atoms with van der Waals surface area (Å²) in [5.74, 6) is -0.693. The molecule has 150 valence electrons. The fraction of sp³-hybridized carbons (Fsp3) is 0.150. The first-order valence-electron chi connectivity index (χ1n) is 8.34. The van der Waals surface area contributed by atoms with Gasteiger partial charge in [0.15, 0.2) is 5.69 Å². The van der Waals surface area contributed by atoms with E-state index < -0.39 is 17.8 Å². The SMILES string of the molecule is Cc1nc(Oc2ccc(C(=O)OCc3ccccc3Cl)cc2)cc(C(F)(F)F)n1. The third-order valence-corrected chi connectivity index (χ3v) is 4.10. The highest BCUT2D eigenvalue weighted by atomic mass is 35.5. The fourth-order valence-corrected chi connectivity index (χ4v) is 2.55. The van der Waals surface area contributed by atoms with Gasteiger partial charge in [0, 0.05) is 16.7 Å². The van der Waals surface area contributed by atoms with Gasteiger partial charge < -0.3 is 9.47 Å². The number of ether oxygens (including phenoxy) is 2. The Bertz CT molecular complexity index is 1020. The van der Waals surface area contributed by atoms with E-state index in [4.69, 9.17) is 21.1 Å². The van der Waals surface area contributed by atoms with E-state index in [1.165, 1.54) is 31.2 Å². The number of esters is 1. The van der Waals surface area contributed by atoms with Crippen molar-refractivity contribution in [1.82, 2.24) is 9.97 Å². The molecule has 0 amide bonds. The lowest BCUT2D eigenvalue weighted by atomic mass is 10.2. The molecule has 29 heavy (non-hydrogen) atoms. The lowest BCUT2D eigenvalue weighted by Crippen LogP contribution is -2.10. The van der Waals surface area contributed by atoms with Gasteiger partial charge in [0.05, 0.1) is 5.56 Å². The quantitative estimate of drug-likeness (QED) is 0.500. The van der Waals surface area contributed by atoms with Crippen LogP contribution in [0, 0.1) is 6.92 Å². The Morgan fingerprint density at radius 3 is 2.41 bits per heavy atom. The van der Waals surface area contributed by atoms with E-state index in [1.807, 2.05) is 0 Å². The predicted octanol–water partition coefficient (Wildman–Crippen LogP) is 5.61. The molecule has 3 aromatic rings. The first-order valence-corrected chi connectivity index (χ1v) is 8.71. The summed E-state index contributed by atoms with van der Waals surface area (Å²) >= 11 is 6.01. The topological polar surface area (TPSA) is 61.3 Å². The van der Waals surface area contributed by atoms with Gasteiger partial charge in [-0.2, -0.15) is 18.2 Å². The Morgan fingerprint density at radius 1 is 1.07 bits per heavy atom. The van der Waals surface area contributed by atoms with Crippen molar-refractivity contribution in [1.29, 1.82) is 0 Å². The van der Waals surface area contributed by atoms with Crippen LogP contribution in [-0.2, 0) is 17.5 Å². The summed E-state index contributed by atoms with van der Waals surface area (Å²) in [6, 6.07) is 13.4. The van der Waals surface area contributed by atoms with Crippen LogP contribution in [0.1, 0.15) is 27.4 Å². The largest absolute Gasteiger partial charge is 0.457 e. The van der Waals surface area contributed by atoms with E-state index in [0.29, 0.717) is 16.7 Å². The summed E-state index contributed by atoms with van der Waals surface area (Å²) in [5.41, 5.74) is -0.180. The standard InChI is InChI=1S/C20H14ClF3N2O3/c1-12-25-17(20(22,23)24)10-18(26-12)29-15-8-6-13(7-9-15)19(27)28-11-14-4-2-3-5-16(14)21/h2-10H,11H2,1H3. The van der Waals surface area contributed by atoms with Gasteiger partial charge in [-0.25, -0.2) is 9.78 Å². The van der Waals surface area contributed by atoms with Gasteiger partial charge in [-0.05, 0) is 37.3 Å². The van der Waals surface area contributed by atoms with Crippen LogP contribution in [0.2, 0.25) is 5.02 Å². The molecule has 0 aliphatic rings. The predicted molar refractivity (Wildman–Crippen MR) is 98.9 cm³/mol. The highest BCUT2D eigenvalue weighted by molar-refractivity contribution is 6.31. The summed E-state index contributed by atoms with van der Waals surface area (Å²) in [6.45, 7) is 1.34. The summed E-state index contributed by atoms with van der Waals surface area (Å²) in [4.78, 5) is 19.3. The van der Waals surface area contributed by atoms with Crippen molar-refractivity contribution in [3.63, 3.8) is 0 Å². The Labute approximate surface area is 169 Å². The second-order valence-corrected chi connectivity index (χ2v) is 6.34. The number of carbonyl (C=O) groups is 1. The number of hydrogen-bond donors (Lipinski definition) is 0. The zero-order valence-electron chi connectivity index (χ0n) is 15.0. The van der Waals surface area contributed by atoms with E-state index in [0.717, 1.165) is 0 Å². The molecule has 1 aromatic heterocycles. The second kappa shape index (κ2) is 8.48. The van der Waals surface area contributed by atoms with E-state index >= 15 is 0 Å². The monoisotopic (exact) mass is 422 g/mol. The van der Waals surface area contributed by atoms with Crippen LogP contribution in [0.25, 0.3) is 0 Å². The Balaban J connectivity index is 1.67. The molecule has 0 radical (unpaired) electrons. The van der Waals surface area contributed by atoms with Crippen LogP contribution in [0.3, 0.4) is 0 Å². The molecule has 0 unspecified atom stereocenters. The van der Waals surface area contributed by atoms with Crippen LogP contribution in [0.15, 0.2) is 54.6 Å². The number of aromatic nitrogens is 2. The molecular formula is C20H14ClF3N2O3. The third-order valence-electron chi connectivity index (χ3n) is 3.73. The van der Waals surface area contributed by atoms with E-state index in [2.05, 4.69) is 9.97 Å². The van der Waals surface area contributed by atoms with Gasteiger partial charge in [0.25, 0.3) is 0 Å². The van der Waals surface area contributed by atoms with Crippen LogP contribution in [0.5, 0.6) is 11.6 Å². The van der Waals surface area contributed by atoms with Crippen LogP contribution >= 0.6 is 11.6 Å². The Hall–Kier alpha value is -3.13. The molecule has 5 nitrogen and oxygen atoms in total. The van der Waals surface area contributed by atoms with Crippen molar-refractivity contribution in [3.8, 4) is 11.6 Å². The summed E-state index contributed by atoms with van der Waals surface area (Å²) in [5, 5.41) is 0.488. The molecular weight excluding hydrogens is 409 g/mol. The molecule has 0 aliphatic carbocycles. The van der Waals surface area contributed by atoms with Crippen LogP contribution in [-0.4, -0.2) is 15.9 Å². The van der Waals surface area contributed by atoms with Crippen LogP contribution in [0.4, 0.5) is 13.2 Å². The maximum Gasteiger partial charge on any atom is 0.433 e. The van der Waals surface area contributed by atoms with Gasteiger partial charge in [-0.3, -0.25) is 0 Å². The minimum absolute atomic E-state index is 0.0111. The van der Waals surface area contributed by atoms with E-state index in [9.17, 15) is 18.0 Å². The molecule has 0 atom stereocenters. The summed E-state index contributed by atoms with van der Waals surface area (Å²) in [6.07, 6.45) is -4.61. The van der Waals surface area contributed by atoms with Gasteiger partial charge in [-0.15, -0.1) is 0 Å². The number of rotatable bonds is 5. The van der Waals surface area contributed by atoms with Gasteiger partial charge in [0.1, 0.15) is 18.2 Å². The third kappa shape index (κ3) is 5.45. The lowest BCUT2D eigenvalue weighted by Gasteiger charge is -2.10. The Morgan fingerprint density at radius 2 is 1.76 bits per heavy atom. The van der Waals surface area contributed by atoms with E-state index in [1.54, 1.807) is 24.3 Å². The Kier molecular flexibility index (Phi) is 6.03. The zero-order valence-corrected chi connectivity index (χ0v) is 15.8. The number of alkyl halides is 3. The van der Waals surface area contributed by atoms with Crippen molar-refractivity contribution in [2.75, 3.05) is 0 Å². The van der Waals surface area contributed by atoms with E-state index in [-0.39, 0.29) is 29.6 Å². The van der Waals surface area contributed by atoms with Crippen molar-refractivity contribution < 1.29 is 27.4 Å². The number of hydrogen-bond acceptors (Lipinski definition) is 5. The highest BCUT2D eigenvalue weighted by Gasteiger charge is 2.33. The number of benzene rings is 2. The molecule has 0 aliphatic heterocycles. The molecule has 1 heterocycles.